The standard InChI is InChI=1S/C18H22ClNO/c1-14(7-6-12-20-2)21-18-11-10-16(13-17(18)19)15-8-4-3-5-9-15/h3-5,8-11,13-14,20H,6-7,12H2,1-2H3. The quantitative estimate of drug-likeness (QED) is 0.744. The molecule has 2 nitrogen and oxygen atoms in total. The predicted molar refractivity (Wildman–Crippen MR) is 90.1 cm³/mol. The molecule has 0 aliphatic heterocycles. The van der Waals surface area contributed by atoms with Gasteiger partial charge in [-0.3, -0.25) is 0 Å². The molecule has 3 heteroatoms. The first-order chi connectivity index (χ1) is 10.2. The molecular formula is C18H22ClNO. The van der Waals surface area contributed by atoms with Crippen LogP contribution in [0.1, 0.15) is 19.8 Å². The van der Waals surface area contributed by atoms with E-state index in [0.717, 1.165) is 36.3 Å². The normalized spacial score (nSPS) is 12.1. The molecule has 0 bridgehead atoms. The van der Waals surface area contributed by atoms with Gasteiger partial charge in [0.2, 0.25) is 0 Å². The van der Waals surface area contributed by atoms with Crippen LogP contribution in [0.4, 0.5) is 0 Å². The van der Waals surface area contributed by atoms with E-state index >= 15 is 0 Å². The van der Waals surface area contributed by atoms with Crippen molar-refractivity contribution in [2.45, 2.75) is 25.9 Å². The summed E-state index contributed by atoms with van der Waals surface area (Å²) in [5, 5.41) is 3.81. The molecule has 1 N–H and O–H groups in total. The highest BCUT2D eigenvalue weighted by molar-refractivity contribution is 6.32. The van der Waals surface area contributed by atoms with E-state index in [9.17, 15) is 0 Å². The monoisotopic (exact) mass is 303 g/mol. The van der Waals surface area contributed by atoms with E-state index < -0.39 is 0 Å². The van der Waals surface area contributed by atoms with Crippen LogP contribution in [-0.4, -0.2) is 19.7 Å². The number of benzene rings is 2. The average Bonchev–Trinajstić information content (AvgIpc) is 2.50. The summed E-state index contributed by atoms with van der Waals surface area (Å²) in [6.07, 6.45) is 2.27. The Balaban J connectivity index is 2.02. The van der Waals surface area contributed by atoms with E-state index in [1.807, 2.05) is 37.4 Å². The van der Waals surface area contributed by atoms with Gasteiger partial charge < -0.3 is 10.1 Å². The summed E-state index contributed by atoms with van der Waals surface area (Å²) >= 11 is 6.35. The molecule has 0 aliphatic carbocycles. The molecule has 2 rings (SSSR count). The van der Waals surface area contributed by atoms with Crippen LogP contribution in [0, 0.1) is 0 Å². The number of hydrogen-bond acceptors (Lipinski definition) is 2. The predicted octanol–water partition coefficient (Wildman–Crippen LogP) is 4.77. The fourth-order valence-electron chi connectivity index (χ4n) is 2.25. The van der Waals surface area contributed by atoms with Crippen molar-refractivity contribution in [2.75, 3.05) is 13.6 Å². The van der Waals surface area contributed by atoms with Crippen LogP contribution < -0.4 is 10.1 Å². The molecule has 0 saturated carbocycles. The van der Waals surface area contributed by atoms with Crippen LogP contribution in [0.25, 0.3) is 11.1 Å². The van der Waals surface area contributed by atoms with Crippen molar-refractivity contribution in [3.63, 3.8) is 0 Å². The van der Waals surface area contributed by atoms with Gasteiger partial charge in [0.15, 0.2) is 0 Å². The lowest BCUT2D eigenvalue weighted by atomic mass is 10.1. The number of ether oxygens (including phenoxy) is 1. The van der Waals surface area contributed by atoms with E-state index in [1.54, 1.807) is 0 Å². The fourth-order valence-corrected chi connectivity index (χ4v) is 2.47. The van der Waals surface area contributed by atoms with Crippen LogP contribution in [0.5, 0.6) is 5.75 Å². The highest BCUT2D eigenvalue weighted by Gasteiger charge is 2.08. The Morgan fingerprint density at radius 1 is 1.10 bits per heavy atom. The molecule has 0 radical (unpaired) electrons. The second kappa shape index (κ2) is 8.06. The highest BCUT2D eigenvalue weighted by atomic mass is 35.5. The largest absolute Gasteiger partial charge is 0.489 e. The van der Waals surface area contributed by atoms with Crippen molar-refractivity contribution in [2.24, 2.45) is 0 Å². The van der Waals surface area contributed by atoms with Gasteiger partial charge in [-0.2, -0.15) is 0 Å². The van der Waals surface area contributed by atoms with Crippen LogP contribution in [0.15, 0.2) is 48.5 Å². The molecule has 0 aromatic heterocycles. The van der Waals surface area contributed by atoms with Crippen molar-refractivity contribution in [3.8, 4) is 16.9 Å². The van der Waals surface area contributed by atoms with Crippen LogP contribution in [0.2, 0.25) is 5.02 Å². The van der Waals surface area contributed by atoms with Crippen LogP contribution in [-0.2, 0) is 0 Å². The third-order valence-electron chi connectivity index (χ3n) is 3.40. The van der Waals surface area contributed by atoms with Gasteiger partial charge in [0.05, 0.1) is 11.1 Å². The van der Waals surface area contributed by atoms with E-state index in [2.05, 4.69) is 30.4 Å². The van der Waals surface area contributed by atoms with E-state index in [4.69, 9.17) is 16.3 Å². The maximum atomic E-state index is 6.35. The molecule has 0 amide bonds. The third-order valence-corrected chi connectivity index (χ3v) is 3.70. The summed E-state index contributed by atoms with van der Waals surface area (Å²) in [5.41, 5.74) is 2.27. The number of nitrogens with one attached hydrogen (secondary N) is 1. The van der Waals surface area contributed by atoms with E-state index in [1.165, 1.54) is 0 Å². The Morgan fingerprint density at radius 2 is 1.86 bits per heavy atom. The molecule has 2 aromatic carbocycles. The lowest BCUT2D eigenvalue weighted by Gasteiger charge is -2.16. The maximum absolute atomic E-state index is 6.35. The van der Waals surface area contributed by atoms with Crippen LogP contribution >= 0.6 is 11.6 Å². The number of hydrogen-bond donors (Lipinski definition) is 1. The van der Waals surface area contributed by atoms with Crippen molar-refractivity contribution < 1.29 is 4.74 Å². The van der Waals surface area contributed by atoms with Gasteiger partial charge in [-0.1, -0.05) is 48.0 Å². The molecular weight excluding hydrogens is 282 g/mol. The number of halogens is 1. The topological polar surface area (TPSA) is 21.3 Å². The van der Waals surface area contributed by atoms with Gasteiger partial charge in [-0.15, -0.1) is 0 Å². The summed E-state index contributed by atoms with van der Waals surface area (Å²) in [5.74, 6) is 0.758. The molecule has 0 fully saturated rings. The first kappa shape index (κ1) is 15.9. The first-order valence-corrected chi connectivity index (χ1v) is 7.74. The van der Waals surface area contributed by atoms with Crippen molar-refractivity contribution in [1.82, 2.24) is 5.32 Å². The smallest absolute Gasteiger partial charge is 0.138 e. The molecule has 1 atom stereocenters. The Morgan fingerprint density at radius 3 is 2.52 bits per heavy atom. The minimum Gasteiger partial charge on any atom is -0.489 e. The molecule has 1 unspecified atom stereocenters. The van der Waals surface area contributed by atoms with E-state index in [0.29, 0.717) is 5.02 Å². The molecule has 21 heavy (non-hydrogen) atoms. The molecule has 2 aromatic rings. The Bertz CT molecular complexity index is 556. The summed E-state index contributed by atoms with van der Waals surface area (Å²) in [4.78, 5) is 0. The Labute approximate surface area is 132 Å². The fraction of sp³-hybridized carbons (Fsp3) is 0.333. The zero-order chi connectivity index (χ0) is 15.1. The number of rotatable bonds is 7. The van der Waals surface area contributed by atoms with Gasteiger partial charge >= 0.3 is 0 Å². The second-order valence-electron chi connectivity index (χ2n) is 5.19. The summed E-state index contributed by atoms with van der Waals surface area (Å²) in [7, 11) is 1.96. The lowest BCUT2D eigenvalue weighted by Crippen LogP contribution is -2.15. The average molecular weight is 304 g/mol. The minimum atomic E-state index is 0.165. The van der Waals surface area contributed by atoms with Gasteiger partial charge in [-0.05, 0) is 56.6 Å². The minimum absolute atomic E-state index is 0.165. The first-order valence-electron chi connectivity index (χ1n) is 7.37. The zero-order valence-electron chi connectivity index (χ0n) is 12.6. The molecule has 112 valence electrons. The van der Waals surface area contributed by atoms with Gasteiger partial charge in [0.1, 0.15) is 5.75 Å². The highest BCUT2D eigenvalue weighted by Crippen LogP contribution is 2.31. The van der Waals surface area contributed by atoms with Crippen molar-refractivity contribution in [3.05, 3.63) is 53.6 Å². The molecule has 0 spiro atoms. The van der Waals surface area contributed by atoms with Crippen molar-refractivity contribution >= 4 is 11.6 Å². The Kier molecular flexibility index (Phi) is 6.09. The van der Waals surface area contributed by atoms with Gasteiger partial charge in [0, 0.05) is 0 Å². The molecule has 0 saturated heterocycles. The SMILES string of the molecule is CNCCCC(C)Oc1ccc(-c2ccccc2)cc1Cl. The lowest BCUT2D eigenvalue weighted by molar-refractivity contribution is 0.208. The van der Waals surface area contributed by atoms with Gasteiger partial charge in [0.25, 0.3) is 0 Å². The second-order valence-corrected chi connectivity index (χ2v) is 5.59. The van der Waals surface area contributed by atoms with E-state index in [-0.39, 0.29) is 6.10 Å². The Hall–Kier alpha value is -1.51. The molecule has 0 heterocycles. The van der Waals surface area contributed by atoms with Crippen LogP contribution in [0.3, 0.4) is 0 Å². The maximum Gasteiger partial charge on any atom is 0.138 e. The summed E-state index contributed by atoms with van der Waals surface area (Å²) in [6.45, 7) is 3.09. The third kappa shape index (κ3) is 4.76. The zero-order valence-corrected chi connectivity index (χ0v) is 13.4. The summed E-state index contributed by atoms with van der Waals surface area (Å²) < 4.78 is 5.92. The van der Waals surface area contributed by atoms with Crippen molar-refractivity contribution in [1.29, 1.82) is 0 Å². The summed E-state index contributed by atoms with van der Waals surface area (Å²) in [6, 6.07) is 16.2. The molecule has 0 aliphatic rings. The van der Waals surface area contributed by atoms with Gasteiger partial charge in [-0.25, -0.2) is 0 Å².